The van der Waals surface area contributed by atoms with Gasteiger partial charge in [0.25, 0.3) is 0 Å². The Morgan fingerprint density at radius 2 is 1.70 bits per heavy atom. The second kappa shape index (κ2) is 8.17. The van der Waals surface area contributed by atoms with Crippen molar-refractivity contribution in [2.24, 2.45) is 11.1 Å². The third-order valence-corrected chi connectivity index (χ3v) is 3.25. The Bertz CT molecular complexity index is 654. The number of rotatable bonds is 7. The predicted molar refractivity (Wildman–Crippen MR) is 87.0 cm³/mol. The molecule has 2 aromatic rings. The van der Waals surface area contributed by atoms with E-state index in [9.17, 15) is 4.39 Å². The number of hydrogen-bond acceptors (Lipinski definition) is 4. The Morgan fingerprint density at radius 1 is 1.04 bits per heavy atom. The van der Waals surface area contributed by atoms with Crippen molar-refractivity contribution in [2.75, 3.05) is 13.2 Å². The summed E-state index contributed by atoms with van der Waals surface area (Å²) in [5.74, 6) is 0.626. The molecule has 0 bridgehead atoms. The van der Waals surface area contributed by atoms with E-state index in [1.54, 1.807) is 30.3 Å². The molecule has 23 heavy (non-hydrogen) atoms. The monoisotopic (exact) mass is 317 g/mol. The molecular weight excluding hydrogens is 297 g/mol. The van der Waals surface area contributed by atoms with E-state index in [-0.39, 0.29) is 24.1 Å². The summed E-state index contributed by atoms with van der Waals surface area (Å²) in [6.45, 7) is 4.47. The lowest BCUT2D eigenvalue weighted by Gasteiger charge is -2.11. The van der Waals surface area contributed by atoms with Gasteiger partial charge in [-0.15, -0.1) is 0 Å². The lowest BCUT2D eigenvalue weighted by atomic mass is 10.0. The fraction of sp³-hybridized carbons (Fsp3) is 0.278. The van der Waals surface area contributed by atoms with Gasteiger partial charge in [0, 0.05) is 0 Å². The zero-order valence-electron chi connectivity index (χ0n) is 13.2. The molecular formula is C18H20FNO3. The van der Waals surface area contributed by atoms with Crippen LogP contribution in [0.1, 0.15) is 19.4 Å². The van der Waals surface area contributed by atoms with E-state index in [1.165, 1.54) is 6.07 Å². The maximum atomic E-state index is 13.4. The molecule has 0 aliphatic heterocycles. The van der Waals surface area contributed by atoms with E-state index in [4.69, 9.17) is 14.7 Å². The second-order valence-corrected chi connectivity index (χ2v) is 5.29. The van der Waals surface area contributed by atoms with Crippen LogP contribution < -0.4 is 9.47 Å². The third-order valence-electron chi connectivity index (χ3n) is 3.25. The minimum absolute atomic E-state index is 0.126. The minimum atomic E-state index is -0.388. The van der Waals surface area contributed by atoms with Crippen LogP contribution in [0.3, 0.4) is 0 Å². The normalized spacial score (nSPS) is 11.6. The summed E-state index contributed by atoms with van der Waals surface area (Å²) < 4.78 is 24.2. The van der Waals surface area contributed by atoms with Crippen LogP contribution in [0.5, 0.6) is 11.5 Å². The fourth-order valence-corrected chi connectivity index (χ4v) is 2.10. The zero-order chi connectivity index (χ0) is 16.7. The van der Waals surface area contributed by atoms with Gasteiger partial charge in [0.2, 0.25) is 0 Å². The van der Waals surface area contributed by atoms with E-state index in [1.807, 2.05) is 26.0 Å². The van der Waals surface area contributed by atoms with Crippen LogP contribution in [-0.4, -0.2) is 24.1 Å². The molecule has 0 saturated heterocycles. The SMILES string of the molecule is CC(C)/C(=N/O)c1ccc(OCCOc2ccccc2F)cc1. The van der Waals surface area contributed by atoms with Gasteiger partial charge < -0.3 is 14.7 Å². The predicted octanol–water partition coefficient (Wildman–Crippen LogP) is 4.12. The van der Waals surface area contributed by atoms with Crippen molar-refractivity contribution in [2.45, 2.75) is 13.8 Å². The quantitative estimate of drug-likeness (QED) is 0.362. The van der Waals surface area contributed by atoms with Gasteiger partial charge in [-0.25, -0.2) is 4.39 Å². The Morgan fingerprint density at radius 3 is 2.30 bits per heavy atom. The van der Waals surface area contributed by atoms with Gasteiger partial charge in [-0.1, -0.05) is 31.1 Å². The highest BCUT2D eigenvalue weighted by atomic mass is 19.1. The molecule has 0 atom stereocenters. The highest BCUT2D eigenvalue weighted by Crippen LogP contribution is 2.17. The Hall–Kier alpha value is -2.56. The van der Waals surface area contributed by atoms with E-state index >= 15 is 0 Å². The molecule has 0 aliphatic carbocycles. The molecule has 1 N–H and O–H groups in total. The first kappa shape index (κ1) is 16.8. The molecule has 0 radical (unpaired) electrons. The highest BCUT2D eigenvalue weighted by molar-refractivity contribution is 6.01. The molecule has 0 aliphatic rings. The summed E-state index contributed by atoms with van der Waals surface area (Å²) in [7, 11) is 0. The third kappa shape index (κ3) is 4.71. The smallest absolute Gasteiger partial charge is 0.165 e. The number of halogens is 1. The van der Waals surface area contributed by atoms with Crippen molar-refractivity contribution in [1.29, 1.82) is 0 Å². The minimum Gasteiger partial charge on any atom is -0.490 e. The number of nitrogens with zero attached hydrogens (tertiary/aromatic N) is 1. The largest absolute Gasteiger partial charge is 0.490 e. The van der Waals surface area contributed by atoms with Crippen LogP contribution in [0, 0.1) is 11.7 Å². The van der Waals surface area contributed by atoms with Crippen LogP contribution in [0.2, 0.25) is 0 Å². The molecule has 122 valence electrons. The van der Waals surface area contributed by atoms with Crippen molar-refractivity contribution in [3.05, 3.63) is 59.9 Å². The maximum Gasteiger partial charge on any atom is 0.165 e. The van der Waals surface area contributed by atoms with E-state index in [0.717, 1.165) is 5.56 Å². The number of oxime groups is 1. The molecule has 2 aromatic carbocycles. The summed E-state index contributed by atoms with van der Waals surface area (Å²) in [6, 6.07) is 13.5. The average molecular weight is 317 g/mol. The van der Waals surface area contributed by atoms with Gasteiger partial charge in [0.05, 0.1) is 5.71 Å². The number of para-hydroxylation sites is 1. The molecule has 0 saturated carbocycles. The van der Waals surface area contributed by atoms with E-state index < -0.39 is 0 Å². The summed E-state index contributed by atoms with van der Waals surface area (Å²) in [4.78, 5) is 0. The molecule has 4 nitrogen and oxygen atoms in total. The van der Waals surface area contributed by atoms with Gasteiger partial charge in [-0.2, -0.15) is 0 Å². The Kier molecular flexibility index (Phi) is 5.97. The highest BCUT2D eigenvalue weighted by Gasteiger charge is 2.09. The van der Waals surface area contributed by atoms with E-state index in [2.05, 4.69) is 5.16 Å². The lowest BCUT2D eigenvalue weighted by molar-refractivity contribution is 0.211. The van der Waals surface area contributed by atoms with Gasteiger partial charge >= 0.3 is 0 Å². The average Bonchev–Trinajstić information content (AvgIpc) is 2.55. The van der Waals surface area contributed by atoms with Gasteiger partial charge in [-0.05, 0) is 47.9 Å². The van der Waals surface area contributed by atoms with Crippen LogP contribution >= 0.6 is 0 Å². The van der Waals surface area contributed by atoms with Crippen molar-refractivity contribution in [3.8, 4) is 11.5 Å². The summed E-state index contributed by atoms with van der Waals surface area (Å²) in [5.41, 5.74) is 1.47. The van der Waals surface area contributed by atoms with E-state index in [0.29, 0.717) is 18.1 Å². The van der Waals surface area contributed by atoms with Crippen molar-refractivity contribution < 1.29 is 19.1 Å². The first-order chi connectivity index (χ1) is 11.1. The van der Waals surface area contributed by atoms with Gasteiger partial charge in [-0.3, -0.25) is 0 Å². The lowest BCUT2D eigenvalue weighted by Crippen LogP contribution is -2.11. The molecule has 0 heterocycles. The van der Waals surface area contributed by atoms with Crippen LogP contribution in [0.4, 0.5) is 4.39 Å². The molecule has 0 spiro atoms. The number of hydrogen-bond donors (Lipinski definition) is 1. The second-order valence-electron chi connectivity index (χ2n) is 5.29. The topological polar surface area (TPSA) is 51.1 Å². The summed E-state index contributed by atoms with van der Waals surface area (Å²) >= 11 is 0. The fourth-order valence-electron chi connectivity index (χ4n) is 2.10. The molecule has 0 unspecified atom stereocenters. The molecule has 2 rings (SSSR count). The van der Waals surface area contributed by atoms with Crippen LogP contribution in [0.25, 0.3) is 0 Å². The van der Waals surface area contributed by atoms with Crippen LogP contribution in [0.15, 0.2) is 53.7 Å². The maximum absolute atomic E-state index is 13.4. The van der Waals surface area contributed by atoms with Crippen molar-refractivity contribution in [1.82, 2.24) is 0 Å². The summed E-state index contributed by atoms with van der Waals surface area (Å²) in [5, 5.41) is 12.4. The van der Waals surface area contributed by atoms with Gasteiger partial charge in [0.1, 0.15) is 19.0 Å². The molecule has 0 aromatic heterocycles. The van der Waals surface area contributed by atoms with Crippen molar-refractivity contribution >= 4 is 5.71 Å². The zero-order valence-corrected chi connectivity index (χ0v) is 13.2. The molecule has 5 heteroatoms. The van der Waals surface area contributed by atoms with Crippen molar-refractivity contribution in [3.63, 3.8) is 0 Å². The molecule has 0 amide bonds. The number of benzene rings is 2. The summed E-state index contributed by atoms with van der Waals surface area (Å²) in [6.07, 6.45) is 0. The Labute approximate surface area is 135 Å². The van der Waals surface area contributed by atoms with Crippen LogP contribution in [-0.2, 0) is 0 Å². The Balaban J connectivity index is 1.84. The standard InChI is InChI=1S/C18H20FNO3/c1-13(2)18(20-21)14-7-9-15(10-8-14)22-11-12-23-17-6-4-3-5-16(17)19/h3-10,13,21H,11-12H2,1-2H3/b20-18-. The first-order valence-corrected chi connectivity index (χ1v) is 7.44. The first-order valence-electron chi connectivity index (χ1n) is 7.44. The molecule has 0 fully saturated rings. The number of ether oxygens (including phenoxy) is 2. The van der Waals surface area contributed by atoms with Gasteiger partial charge in [0.15, 0.2) is 11.6 Å².